The Kier molecular flexibility index (Phi) is 4.93. The number of alkyl halides is 2. The van der Waals surface area contributed by atoms with E-state index in [9.17, 15) is 8.78 Å². The Hall–Kier alpha value is -2.36. The number of anilines is 2. The van der Waals surface area contributed by atoms with E-state index in [2.05, 4.69) is 25.3 Å². The summed E-state index contributed by atoms with van der Waals surface area (Å²) >= 11 is 0. The molecule has 2 N–H and O–H groups in total. The summed E-state index contributed by atoms with van der Waals surface area (Å²) in [6.07, 6.45) is 2.10. The van der Waals surface area contributed by atoms with Gasteiger partial charge in [0.25, 0.3) is 6.43 Å². The minimum Gasteiger partial charge on any atom is -0.395 e. The van der Waals surface area contributed by atoms with Gasteiger partial charge in [-0.1, -0.05) is 0 Å². The number of rotatable bonds is 7. The largest absolute Gasteiger partial charge is 0.395 e. The molecule has 0 aliphatic carbocycles. The Morgan fingerprint density at radius 1 is 1.38 bits per heavy atom. The molecular weight excluding hydrogens is 284 g/mol. The fourth-order valence-electron chi connectivity index (χ4n) is 1.66. The zero-order valence-corrected chi connectivity index (χ0v) is 11.3. The lowest BCUT2D eigenvalue weighted by Crippen LogP contribution is -2.33. The molecule has 2 aromatic rings. The smallest absolute Gasteiger partial charge is 0.255 e. The summed E-state index contributed by atoms with van der Waals surface area (Å²) in [6, 6.07) is 0. The molecule has 0 fully saturated rings. The molecule has 21 heavy (non-hydrogen) atoms. The summed E-state index contributed by atoms with van der Waals surface area (Å²) in [5, 5.41) is 11.7. The first-order valence-electron chi connectivity index (χ1n) is 6.20. The number of aliphatic hydroxyl groups is 1. The summed E-state index contributed by atoms with van der Waals surface area (Å²) in [6.45, 7) is -0.855. The van der Waals surface area contributed by atoms with Gasteiger partial charge in [-0.2, -0.15) is 15.0 Å². The van der Waals surface area contributed by atoms with Crippen LogP contribution in [0.15, 0.2) is 18.7 Å². The highest BCUT2D eigenvalue weighted by Crippen LogP contribution is 2.14. The molecule has 0 saturated heterocycles. The molecule has 0 aromatic carbocycles. The quantitative estimate of drug-likeness (QED) is 0.752. The van der Waals surface area contributed by atoms with Gasteiger partial charge in [0, 0.05) is 26.0 Å². The van der Waals surface area contributed by atoms with Crippen molar-refractivity contribution < 1.29 is 13.9 Å². The van der Waals surface area contributed by atoms with E-state index in [4.69, 9.17) is 5.11 Å². The van der Waals surface area contributed by atoms with E-state index in [0.29, 0.717) is 0 Å². The molecule has 2 heterocycles. The molecule has 0 saturated carbocycles. The Labute approximate surface area is 119 Å². The van der Waals surface area contributed by atoms with Crippen LogP contribution in [0.25, 0.3) is 5.95 Å². The number of nitrogens with one attached hydrogen (secondary N) is 1. The van der Waals surface area contributed by atoms with Crippen molar-refractivity contribution in [3.05, 3.63) is 18.7 Å². The molecule has 114 valence electrons. The van der Waals surface area contributed by atoms with Crippen LogP contribution in [-0.2, 0) is 0 Å². The molecule has 10 heteroatoms. The van der Waals surface area contributed by atoms with Crippen molar-refractivity contribution in [2.24, 2.45) is 0 Å². The molecule has 0 atom stereocenters. The van der Waals surface area contributed by atoms with E-state index < -0.39 is 13.0 Å². The Morgan fingerprint density at radius 3 is 2.76 bits per heavy atom. The van der Waals surface area contributed by atoms with Crippen LogP contribution in [0, 0.1) is 0 Å². The average Bonchev–Trinajstić information content (AvgIpc) is 3.00. The first-order valence-corrected chi connectivity index (χ1v) is 6.20. The molecule has 8 nitrogen and oxygen atoms in total. The van der Waals surface area contributed by atoms with E-state index in [1.54, 1.807) is 19.4 Å². The maximum atomic E-state index is 12.6. The van der Waals surface area contributed by atoms with Gasteiger partial charge in [0.2, 0.25) is 17.8 Å². The normalized spacial score (nSPS) is 10.9. The number of nitrogens with zero attached hydrogens (tertiary/aromatic N) is 6. The summed E-state index contributed by atoms with van der Waals surface area (Å²) in [7, 11) is 1.61. The first kappa shape index (κ1) is 15.0. The van der Waals surface area contributed by atoms with Crippen LogP contribution in [0.4, 0.5) is 20.7 Å². The molecule has 0 unspecified atom stereocenters. The van der Waals surface area contributed by atoms with Crippen LogP contribution < -0.4 is 10.2 Å². The summed E-state index contributed by atoms with van der Waals surface area (Å²) in [5.41, 5.74) is 0. The molecule has 2 rings (SSSR count). The van der Waals surface area contributed by atoms with Crippen molar-refractivity contribution in [1.29, 1.82) is 0 Å². The highest BCUT2D eigenvalue weighted by molar-refractivity contribution is 5.40. The van der Waals surface area contributed by atoms with Crippen molar-refractivity contribution in [3.8, 4) is 5.95 Å². The van der Waals surface area contributed by atoms with Gasteiger partial charge >= 0.3 is 0 Å². The van der Waals surface area contributed by atoms with Gasteiger partial charge in [-0.3, -0.25) is 4.57 Å². The Bertz CT molecular complexity index is 564. The minimum atomic E-state index is -2.57. The maximum absolute atomic E-state index is 12.6. The fourth-order valence-corrected chi connectivity index (χ4v) is 1.66. The predicted molar refractivity (Wildman–Crippen MR) is 71.8 cm³/mol. The fraction of sp³-hybridized carbons (Fsp3) is 0.455. The lowest BCUT2D eigenvalue weighted by molar-refractivity contribution is 0.152. The number of halogens is 2. The SMILES string of the molecule is CNc1nc(N(CCO)CC(F)F)nc(-n2ccnc2)n1. The van der Waals surface area contributed by atoms with E-state index >= 15 is 0 Å². The second-order valence-electron chi connectivity index (χ2n) is 4.04. The number of hydrogen-bond acceptors (Lipinski definition) is 7. The molecule has 0 aliphatic rings. The van der Waals surface area contributed by atoms with Crippen LogP contribution in [0.5, 0.6) is 0 Å². The average molecular weight is 299 g/mol. The third-order valence-electron chi connectivity index (χ3n) is 2.58. The number of aliphatic hydroxyl groups excluding tert-OH is 1. The van der Waals surface area contributed by atoms with E-state index in [1.807, 2.05) is 0 Å². The van der Waals surface area contributed by atoms with Crippen LogP contribution >= 0.6 is 0 Å². The number of aromatic nitrogens is 5. The van der Waals surface area contributed by atoms with E-state index in [0.717, 1.165) is 0 Å². The van der Waals surface area contributed by atoms with Crippen molar-refractivity contribution in [2.45, 2.75) is 6.43 Å². The zero-order chi connectivity index (χ0) is 15.2. The third kappa shape index (κ3) is 3.81. The maximum Gasteiger partial charge on any atom is 0.255 e. The lowest BCUT2D eigenvalue weighted by atomic mass is 10.5. The summed E-state index contributed by atoms with van der Waals surface area (Å²) in [4.78, 5) is 17.4. The highest BCUT2D eigenvalue weighted by Gasteiger charge is 2.17. The highest BCUT2D eigenvalue weighted by atomic mass is 19.3. The Morgan fingerprint density at radius 2 is 2.19 bits per heavy atom. The topological polar surface area (TPSA) is 92.0 Å². The minimum absolute atomic E-state index is 0.000869. The number of imidazole rings is 1. The van der Waals surface area contributed by atoms with Crippen LogP contribution in [0.2, 0.25) is 0 Å². The van der Waals surface area contributed by atoms with Gasteiger partial charge in [-0.15, -0.1) is 0 Å². The molecular formula is C11H15F2N7O. The van der Waals surface area contributed by atoms with Crippen molar-refractivity contribution >= 4 is 11.9 Å². The molecule has 0 spiro atoms. The van der Waals surface area contributed by atoms with Gasteiger partial charge in [0.05, 0.1) is 13.2 Å². The van der Waals surface area contributed by atoms with Gasteiger partial charge in [0.1, 0.15) is 6.33 Å². The molecule has 0 bridgehead atoms. The first-order chi connectivity index (χ1) is 10.1. The van der Waals surface area contributed by atoms with Gasteiger partial charge in [-0.05, 0) is 0 Å². The van der Waals surface area contributed by atoms with E-state index in [-0.39, 0.29) is 31.0 Å². The Balaban J connectivity index is 2.38. The molecule has 0 amide bonds. The number of hydrogen-bond donors (Lipinski definition) is 2. The van der Waals surface area contributed by atoms with Gasteiger partial charge < -0.3 is 15.3 Å². The zero-order valence-electron chi connectivity index (χ0n) is 11.3. The summed E-state index contributed by atoms with van der Waals surface area (Å²) in [5.74, 6) is 0.548. The second-order valence-corrected chi connectivity index (χ2v) is 4.04. The molecule has 2 aromatic heterocycles. The standard InChI is InChI=1S/C11H15F2N7O/c1-14-9-16-10(19(4-5-21)6-8(12)13)18-11(17-9)20-3-2-15-7-20/h2-3,7-8,21H,4-6H2,1H3,(H,14,16,17,18). The van der Waals surface area contributed by atoms with Crippen molar-refractivity contribution in [1.82, 2.24) is 24.5 Å². The van der Waals surface area contributed by atoms with E-state index in [1.165, 1.54) is 15.8 Å². The van der Waals surface area contributed by atoms with Crippen LogP contribution in [-0.4, -0.2) is 62.8 Å². The molecule has 0 radical (unpaired) electrons. The monoisotopic (exact) mass is 299 g/mol. The lowest BCUT2D eigenvalue weighted by Gasteiger charge is -2.21. The predicted octanol–water partition coefficient (Wildman–Crippen LogP) is 0.163. The van der Waals surface area contributed by atoms with Gasteiger partial charge in [-0.25, -0.2) is 13.8 Å². The van der Waals surface area contributed by atoms with Crippen LogP contribution in [0.1, 0.15) is 0 Å². The molecule has 0 aliphatic heterocycles. The third-order valence-corrected chi connectivity index (χ3v) is 2.58. The summed E-state index contributed by atoms with van der Waals surface area (Å²) < 4.78 is 26.8. The second kappa shape index (κ2) is 6.88. The van der Waals surface area contributed by atoms with Gasteiger partial charge in [0.15, 0.2) is 0 Å². The van der Waals surface area contributed by atoms with Crippen LogP contribution in [0.3, 0.4) is 0 Å². The van der Waals surface area contributed by atoms with Crippen molar-refractivity contribution in [3.63, 3.8) is 0 Å². The van der Waals surface area contributed by atoms with Crippen molar-refractivity contribution in [2.75, 3.05) is 37.0 Å².